The van der Waals surface area contributed by atoms with Crippen molar-refractivity contribution in [1.82, 2.24) is 9.88 Å². The van der Waals surface area contributed by atoms with Crippen molar-refractivity contribution in [2.45, 2.75) is 19.3 Å². The molecular weight excluding hydrogens is 306 g/mol. The van der Waals surface area contributed by atoms with E-state index in [0.717, 1.165) is 50.2 Å². The van der Waals surface area contributed by atoms with E-state index in [9.17, 15) is 4.79 Å². The van der Waals surface area contributed by atoms with Crippen LogP contribution in [0.5, 0.6) is 0 Å². The van der Waals surface area contributed by atoms with Gasteiger partial charge in [-0.25, -0.2) is 4.98 Å². The first kappa shape index (κ1) is 14.3. The van der Waals surface area contributed by atoms with E-state index in [1.54, 1.807) is 0 Å². The van der Waals surface area contributed by atoms with Crippen LogP contribution in [0.1, 0.15) is 19.3 Å². The SMILES string of the molecule is O=C(CCCCBr)N1CCN(c2ccccn2)CC1. The second kappa shape index (κ2) is 7.48. The molecule has 1 aromatic heterocycles. The molecule has 2 heterocycles. The number of halogens is 1. The van der Waals surface area contributed by atoms with Crippen LogP contribution in [0.4, 0.5) is 5.82 Å². The molecule has 0 radical (unpaired) electrons. The summed E-state index contributed by atoms with van der Waals surface area (Å²) in [5, 5.41) is 0.980. The lowest BCUT2D eigenvalue weighted by Crippen LogP contribution is -2.49. The highest BCUT2D eigenvalue weighted by atomic mass is 79.9. The van der Waals surface area contributed by atoms with Gasteiger partial charge < -0.3 is 9.80 Å². The molecule has 0 aromatic carbocycles. The number of unbranched alkanes of at least 4 members (excludes halogenated alkanes) is 1. The van der Waals surface area contributed by atoms with Gasteiger partial charge in [-0.2, -0.15) is 0 Å². The van der Waals surface area contributed by atoms with E-state index in [1.807, 2.05) is 29.3 Å². The van der Waals surface area contributed by atoms with Crippen molar-refractivity contribution in [3.63, 3.8) is 0 Å². The number of nitrogens with zero attached hydrogens (tertiary/aromatic N) is 3. The number of carbonyl (C=O) groups excluding carboxylic acids is 1. The number of amides is 1. The predicted octanol–water partition coefficient (Wildman–Crippen LogP) is 2.30. The summed E-state index contributed by atoms with van der Waals surface area (Å²) in [5.41, 5.74) is 0. The van der Waals surface area contributed by atoms with Gasteiger partial charge in [0.05, 0.1) is 0 Å². The number of hydrogen-bond acceptors (Lipinski definition) is 3. The lowest BCUT2D eigenvalue weighted by Gasteiger charge is -2.35. The molecule has 104 valence electrons. The number of piperazine rings is 1. The van der Waals surface area contributed by atoms with E-state index < -0.39 is 0 Å². The van der Waals surface area contributed by atoms with Gasteiger partial charge in [-0.3, -0.25) is 4.79 Å². The average molecular weight is 326 g/mol. The summed E-state index contributed by atoms with van der Waals surface area (Å²) < 4.78 is 0. The zero-order chi connectivity index (χ0) is 13.5. The topological polar surface area (TPSA) is 36.4 Å². The van der Waals surface area contributed by atoms with Gasteiger partial charge in [-0.1, -0.05) is 22.0 Å². The van der Waals surface area contributed by atoms with Crippen LogP contribution in [0.2, 0.25) is 0 Å². The Kier molecular flexibility index (Phi) is 5.63. The Bertz CT molecular complexity index is 391. The highest BCUT2D eigenvalue weighted by Gasteiger charge is 2.21. The zero-order valence-electron chi connectivity index (χ0n) is 11.1. The van der Waals surface area contributed by atoms with Crippen molar-refractivity contribution in [2.75, 3.05) is 36.4 Å². The number of carbonyl (C=O) groups is 1. The van der Waals surface area contributed by atoms with E-state index in [1.165, 1.54) is 0 Å². The molecule has 2 rings (SSSR count). The lowest BCUT2D eigenvalue weighted by molar-refractivity contribution is -0.131. The normalized spacial score (nSPS) is 15.6. The predicted molar refractivity (Wildman–Crippen MR) is 80.7 cm³/mol. The van der Waals surface area contributed by atoms with Gasteiger partial charge >= 0.3 is 0 Å². The fraction of sp³-hybridized carbons (Fsp3) is 0.571. The smallest absolute Gasteiger partial charge is 0.222 e. The first-order valence-corrected chi connectivity index (χ1v) is 7.93. The Morgan fingerprint density at radius 2 is 2.00 bits per heavy atom. The number of aromatic nitrogens is 1. The maximum Gasteiger partial charge on any atom is 0.222 e. The number of hydrogen-bond donors (Lipinski definition) is 0. The summed E-state index contributed by atoms with van der Waals surface area (Å²) >= 11 is 3.39. The van der Waals surface area contributed by atoms with E-state index in [4.69, 9.17) is 0 Å². The second-order valence-corrected chi connectivity index (χ2v) is 5.49. The van der Waals surface area contributed by atoms with E-state index in [0.29, 0.717) is 12.3 Å². The molecular formula is C14H20BrN3O. The molecule has 0 unspecified atom stereocenters. The summed E-state index contributed by atoms with van der Waals surface area (Å²) in [6.45, 7) is 3.37. The molecule has 0 spiro atoms. The molecule has 1 saturated heterocycles. The minimum absolute atomic E-state index is 0.293. The third kappa shape index (κ3) is 4.20. The van der Waals surface area contributed by atoms with E-state index in [2.05, 4.69) is 25.8 Å². The fourth-order valence-electron chi connectivity index (χ4n) is 2.25. The van der Waals surface area contributed by atoms with Crippen molar-refractivity contribution in [2.24, 2.45) is 0 Å². The van der Waals surface area contributed by atoms with Crippen LogP contribution in [0.15, 0.2) is 24.4 Å². The zero-order valence-corrected chi connectivity index (χ0v) is 12.7. The third-order valence-electron chi connectivity index (χ3n) is 3.38. The van der Waals surface area contributed by atoms with Gasteiger partial charge in [0.2, 0.25) is 5.91 Å². The molecule has 5 heteroatoms. The van der Waals surface area contributed by atoms with Crippen molar-refractivity contribution in [3.8, 4) is 0 Å². The summed E-state index contributed by atoms with van der Waals surface area (Å²) in [5.74, 6) is 1.30. The van der Waals surface area contributed by atoms with Crippen LogP contribution < -0.4 is 4.90 Å². The molecule has 1 aliphatic rings. The van der Waals surface area contributed by atoms with Crippen molar-refractivity contribution in [3.05, 3.63) is 24.4 Å². The fourth-order valence-corrected chi connectivity index (χ4v) is 2.65. The van der Waals surface area contributed by atoms with Gasteiger partial charge in [-0.15, -0.1) is 0 Å². The van der Waals surface area contributed by atoms with Crippen LogP contribution in [0, 0.1) is 0 Å². The van der Waals surface area contributed by atoms with Crippen LogP contribution in [-0.4, -0.2) is 47.3 Å². The van der Waals surface area contributed by atoms with Gasteiger partial charge in [0, 0.05) is 44.1 Å². The van der Waals surface area contributed by atoms with Crippen molar-refractivity contribution in [1.29, 1.82) is 0 Å². The minimum atomic E-state index is 0.293. The quantitative estimate of drug-likeness (QED) is 0.615. The van der Waals surface area contributed by atoms with Gasteiger partial charge in [-0.05, 0) is 25.0 Å². The maximum atomic E-state index is 12.0. The summed E-state index contributed by atoms with van der Waals surface area (Å²) in [6, 6.07) is 5.95. The van der Waals surface area contributed by atoms with Crippen LogP contribution >= 0.6 is 15.9 Å². The molecule has 0 atom stereocenters. The van der Waals surface area contributed by atoms with Crippen LogP contribution in [0.25, 0.3) is 0 Å². The van der Waals surface area contributed by atoms with E-state index >= 15 is 0 Å². The highest BCUT2D eigenvalue weighted by molar-refractivity contribution is 9.09. The second-order valence-electron chi connectivity index (χ2n) is 4.70. The largest absolute Gasteiger partial charge is 0.353 e. The molecule has 1 aromatic rings. The summed E-state index contributed by atoms with van der Waals surface area (Å²) in [6.07, 6.45) is 4.53. The molecule has 0 saturated carbocycles. The lowest BCUT2D eigenvalue weighted by atomic mass is 10.2. The number of rotatable bonds is 5. The molecule has 19 heavy (non-hydrogen) atoms. The van der Waals surface area contributed by atoms with Crippen LogP contribution in [-0.2, 0) is 4.79 Å². The Hall–Kier alpha value is -1.10. The Morgan fingerprint density at radius 1 is 1.21 bits per heavy atom. The number of pyridine rings is 1. The number of alkyl halides is 1. The maximum absolute atomic E-state index is 12.0. The first-order valence-electron chi connectivity index (χ1n) is 6.81. The monoisotopic (exact) mass is 325 g/mol. The van der Waals surface area contributed by atoms with E-state index in [-0.39, 0.29) is 0 Å². The van der Waals surface area contributed by atoms with Crippen molar-refractivity contribution < 1.29 is 4.79 Å². The molecule has 1 fully saturated rings. The summed E-state index contributed by atoms with van der Waals surface area (Å²) in [4.78, 5) is 20.6. The van der Waals surface area contributed by atoms with Crippen LogP contribution in [0.3, 0.4) is 0 Å². The molecule has 4 nitrogen and oxygen atoms in total. The third-order valence-corrected chi connectivity index (χ3v) is 3.94. The Morgan fingerprint density at radius 3 is 2.63 bits per heavy atom. The minimum Gasteiger partial charge on any atom is -0.353 e. The summed E-state index contributed by atoms with van der Waals surface area (Å²) in [7, 11) is 0. The molecule has 1 amide bonds. The number of anilines is 1. The molecule has 0 aliphatic carbocycles. The molecule has 0 N–H and O–H groups in total. The standard InChI is InChI=1S/C14H20BrN3O/c15-7-3-1-6-14(19)18-11-9-17(10-12-18)13-5-2-4-8-16-13/h2,4-5,8H,1,3,6-7,9-12H2. The first-order chi connectivity index (χ1) is 9.31. The highest BCUT2D eigenvalue weighted by Crippen LogP contribution is 2.13. The Balaban J connectivity index is 1.77. The molecule has 0 bridgehead atoms. The Labute approximate surface area is 122 Å². The van der Waals surface area contributed by atoms with Crippen molar-refractivity contribution >= 4 is 27.7 Å². The van der Waals surface area contributed by atoms with Gasteiger partial charge in [0.1, 0.15) is 5.82 Å². The van der Waals surface area contributed by atoms with Gasteiger partial charge in [0.15, 0.2) is 0 Å². The van der Waals surface area contributed by atoms with Gasteiger partial charge in [0.25, 0.3) is 0 Å². The average Bonchev–Trinajstić information content (AvgIpc) is 2.48. The molecule has 1 aliphatic heterocycles.